The van der Waals surface area contributed by atoms with Crippen molar-refractivity contribution in [2.24, 2.45) is 0 Å². The molecule has 0 saturated heterocycles. The molecule has 2 N–H and O–H groups in total. The molecule has 0 aliphatic heterocycles. The van der Waals surface area contributed by atoms with Gasteiger partial charge in [0.15, 0.2) is 0 Å². The van der Waals surface area contributed by atoms with Gasteiger partial charge in [0, 0.05) is 23.6 Å². The third-order valence-electron chi connectivity index (χ3n) is 3.57. The number of nitro benzene ring substituents is 1. The average Bonchev–Trinajstić information content (AvgIpc) is 2.91. The van der Waals surface area contributed by atoms with Gasteiger partial charge in [-0.05, 0) is 25.0 Å². The molecular formula is C14H18N2O4S. The van der Waals surface area contributed by atoms with E-state index in [0.717, 1.165) is 30.6 Å². The molecule has 1 saturated carbocycles. The Balaban J connectivity index is 1.74. The third kappa shape index (κ3) is 4.71. The monoisotopic (exact) mass is 310 g/mol. The standard InChI is InChI=1S/C14H18N2O4S/c17-13(15-10-14(18)7-1-2-8-14)9-21-12-5-3-11(4-6-12)16(19)20/h3-6,18H,1-2,7-10H2,(H,15,17). The highest BCUT2D eigenvalue weighted by atomic mass is 32.2. The minimum Gasteiger partial charge on any atom is -0.388 e. The molecule has 0 atom stereocenters. The van der Waals surface area contributed by atoms with E-state index in [1.807, 2.05) is 0 Å². The molecule has 1 aromatic carbocycles. The summed E-state index contributed by atoms with van der Waals surface area (Å²) in [5.74, 6) is 0.0899. The van der Waals surface area contributed by atoms with Crippen molar-refractivity contribution < 1.29 is 14.8 Å². The molecule has 2 rings (SSSR count). The fourth-order valence-electron chi connectivity index (χ4n) is 2.34. The predicted octanol–water partition coefficient (Wildman–Crippen LogP) is 2.11. The summed E-state index contributed by atoms with van der Waals surface area (Å²) in [7, 11) is 0. The van der Waals surface area contributed by atoms with Crippen LogP contribution in [0.1, 0.15) is 25.7 Å². The second kappa shape index (κ2) is 6.91. The second-order valence-electron chi connectivity index (χ2n) is 5.25. The highest BCUT2D eigenvalue weighted by Gasteiger charge is 2.31. The maximum Gasteiger partial charge on any atom is 0.269 e. The van der Waals surface area contributed by atoms with Crippen LogP contribution in [-0.2, 0) is 4.79 Å². The van der Waals surface area contributed by atoms with Crippen molar-refractivity contribution in [1.82, 2.24) is 5.32 Å². The highest BCUT2D eigenvalue weighted by molar-refractivity contribution is 8.00. The number of nitro groups is 1. The summed E-state index contributed by atoms with van der Waals surface area (Å²) in [5.41, 5.74) is -0.708. The zero-order chi connectivity index (χ0) is 15.3. The molecule has 1 aromatic rings. The Morgan fingerprint density at radius 3 is 2.52 bits per heavy atom. The van der Waals surface area contributed by atoms with Crippen LogP contribution in [-0.4, -0.2) is 33.8 Å². The SMILES string of the molecule is O=C(CSc1ccc([N+](=O)[O-])cc1)NCC1(O)CCCC1. The van der Waals surface area contributed by atoms with Crippen LogP contribution in [0, 0.1) is 10.1 Å². The maximum absolute atomic E-state index is 11.7. The number of non-ortho nitro benzene ring substituents is 1. The molecule has 0 bridgehead atoms. The van der Waals surface area contributed by atoms with Crippen molar-refractivity contribution in [1.29, 1.82) is 0 Å². The van der Waals surface area contributed by atoms with Crippen LogP contribution < -0.4 is 5.32 Å². The Bertz CT molecular complexity index is 512. The first-order chi connectivity index (χ1) is 9.98. The number of hydrogen-bond donors (Lipinski definition) is 2. The summed E-state index contributed by atoms with van der Waals surface area (Å²) in [4.78, 5) is 22.6. The largest absolute Gasteiger partial charge is 0.388 e. The van der Waals surface area contributed by atoms with Crippen LogP contribution in [0.5, 0.6) is 0 Å². The smallest absolute Gasteiger partial charge is 0.269 e. The zero-order valence-corrected chi connectivity index (χ0v) is 12.4. The number of carbonyl (C=O) groups is 1. The Morgan fingerprint density at radius 1 is 1.33 bits per heavy atom. The van der Waals surface area contributed by atoms with E-state index in [1.54, 1.807) is 12.1 Å². The fraction of sp³-hybridized carbons (Fsp3) is 0.500. The van der Waals surface area contributed by atoms with E-state index in [4.69, 9.17) is 0 Å². The molecule has 21 heavy (non-hydrogen) atoms. The summed E-state index contributed by atoms with van der Waals surface area (Å²) < 4.78 is 0. The molecule has 6 nitrogen and oxygen atoms in total. The molecule has 0 radical (unpaired) electrons. The van der Waals surface area contributed by atoms with Crippen LogP contribution in [0.4, 0.5) is 5.69 Å². The normalized spacial score (nSPS) is 16.6. The lowest BCUT2D eigenvalue weighted by Crippen LogP contribution is -2.41. The summed E-state index contributed by atoms with van der Waals surface area (Å²) >= 11 is 1.31. The first-order valence-corrected chi connectivity index (χ1v) is 7.83. The van der Waals surface area contributed by atoms with Gasteiger partial charge in [-0.2, -0.15) is 0 Å². The molecular weight excluding hydrogens is 292 g/mol. The van der Waals surface area contributed by atoms with Gasteiger partial charge in [0.2, 0.25) is 5.91 Å². The number of carbonyl (C=O) groups excluding carboxylic acids is 1. The second-order valence-corrected chi connectivity index (χ2v) is 6.30. The van der Waals surface area contributed by atoms with Crippen LogP contribution in [0.2, 0.25) is 0 Å². The molecule has 0 spiro atoms. The van der Waals surface area contributed by atoms with E-state index in [0.29, 0.717) is 6.54 Å². The van der Waals surface area contributed by atoms with E-state index >= 15 is 0 Å². The predicted molar refractivity (Wildman–Crippen MR) is 80.2 cm³/mol. The van der Waals surface area contributed by atoms with Gasteiger partial charge in [-0.15, -0.1) is 11.8 Å². The minimum absolute atomic E-state index is 0.0345. The number of nitrogens with zero attached hydrogens (tertiary/aromatic N) is 1. The molecule has 1 amide bonds. The van der Waals surface area contributed by atoms with Gasteiger partial charge in [-0.3, -0.25) is 14.9 Å². The summed E-state index contributed by atoms with van der Waals surface area (Å²) in [5, 5.41) is 23.4. The average molecular weight is 310 g/mol. The minimum atomic E-state index is -0.742. The van der Waals surface area contributed by atoms with Crippen LogP contribution in [0.3, 0.4) is 0 Å². The Kier molecular flexibility index (Phi) is 5.19. The lowest BCUT2D eigenvalue weighted by molar-refractivity contribution is -0.384. The number of nitrogens with one attached hydrogen (secondary N) is 1. The van der Waals surface area contributed by atoms with E-state index < -0.39 is 10.5 Å². The topological polar surface area (TPSA) is 92.5 Å². The number of thioether (sulfide) groups is 1. The van der Waals surface area contributed by atoms with Crippen molar-refractivity contribution in [3.8, 4) is 0 Å². The fourth-order valence-corrected chi connectivity index (χ4v) is 3.07. The molecule has 7 heteroatoms. The molecule has 0 unspecified atom stereocenters. The zero-order valence-electron chi connectivity index (χ0n) is 11.6. The quantitative estimate of drug-likeness (QED) is 0.477. The summed E-state index contributed by atoms with van der Waals surface area (Å²) in [6, 6.07) is 6.09. The number of aliphatic hydroxyl groups is 1. The Morgan fingerprint density at radius 2 is 1.95 bits per heavy atom. The van der Waals surface area contributed by atoms with Crippen molar-refractivity contribution >= 4 is 23.4 Å². The van der Waals surface area contributed by atoms with Gasteiger partial charge in [0.1, 0.15) is 0 Å². The lowest BCUT2D eigenvalue weighted by atomic mass is 10.0. The third-order valence-corrected chi connectivity index (χ3v) is 4.58. The van der Waals surface area contributed by atoms with Gasteiger partial charge in [0.05, 0.1) is 16.3 Å². The van der Waals surface area contributed by atoms with E-state index in [2.05, 4.69) is 5.32 Å². The Hall–Kier alpha value is -1.60. The van der Waals surface area contributed by atoms with Gasteiger partial charge in [-0.1, -0.05) is 12.8 Å². The first kappa shape index (κ1) is 15.8. The molecule has 114 valence electrons. The van der Waals surface area contributed by atoms with E-state index in [1.165, 1.54) is 23.9 Å². The number of rotatable bonds is 6. The van der Waals surface area contributed by atoms with Crippen LogP contribution in [0.15, 0.2) is 29.2 Å². The highest BCUT2D eigenvalue weighted by Crippen LogP contribution is 2.28. The summed E-state index contributed by atoms with van der Waals surface area (Å²) in [6.07, 6.45) is 3.49. The number of hydrogen-bond acceptors (Lipinski definition) is 5. The molecule has 0 heterocycles. The maximum atomic E-state index is 11.7. The van der Waals surface area contributed by atoms with Crippen molar-refractivity contribution in [2.45, 2.75) is 36.2 Å². The number of benzene rings is 1. The van der Waals surface area contributed by atoms with Gasteiger partial charge >= 0.3 is 0 Å². The van der Waals surface area contributed by atoms with Crippen LogP contribution in [0.25, 0.3) is 0 Å². The van der Waals surface area contributed by atoms with Crippen molar-refractivity contribution in [3.05, 3.63) is 34.4 Å². The lowest BCUT2D eigenvalue weighted by Gasteiger charge is -2.22. The van der Waals surface area contributed by atoms with Crippen LogP contribution >= 0.6 is 11.8 Å². The first-order valence-electron chi connectivity index (χ1n) is 6.85. The van der Waals surface area contributed by atoms with E-state index in [-0.39, 0.29) is 17.3 Å². The van der Waals surface area contributed by atoms with Gasteiger partial charge < -0.3 is 10.4 Å². The van der Waals surface area contributed by atoms with Gasteiger partial charge in [-0.25, -0.2) is 0 Å². The van der Waals surface area contributed by atoms with Crippen molar-refractivity contribution in [2.75, 3.05) is 12.3 Å². The molecule has 1 aliphatic rings. The van der Waals surface area contributed by atoms with Crippen molar-refractivity contribution in [3.63, 3.8) is 0 Å². The molecule has 0 aromatic heterocycles. The van der Waals surface area contributed by atoms with Gasteiger partial charge in [0.25, 0.3) is 5.69 Å². The number of amides is 1. The Labute approximate surface area is 127 Å². The summed E-state index contributed by atoms with van der Waals surface area (Å²) in [6.45, 7) is 0.298. The van der Waals surface area contributed by atoms with E-state index in [9.17, 15) is 20.0 Å². The molecule has 1 aliphatic carbocycles. The molecule has 1 fully saturated rings.